The summed E-state index contributed by atoms with van der Waals surface area (Å²) >= 11 is 0. The first-order valence-electron chi connectivity index (χ1n) is 12.5. The number of rotatable bonds is 5. The molecule has 4 aromatic carbocycles. The fourth-order valence-corrected chi connectivity index (χ4v) is 4.58. The molecule has 1 N–H and O–H groups in total. The van der Waals surface area contributed by atoms with Crippen LogP contribution in [0, 0.1) is 0 Å². The van der Waals surface area contributed by atoms with E-state index in [0.29, 0.717) is 12.8 Å². The predicted molar refractivity (Wildman–Crippen MR) is 153 cm³/mol. The molecule has 0 aromatic heterocycles. The summed E-state index contributed by atoms with van der Waals surface area (Å²) in [6, 6.07) is 35.2. The Morgan fingerprint density at radius 3 is 1.78 bits per heavy atom. The molecule has 2 aliphatic heterocycles. The van der Waals surface area contributed by atoms with Crippen molar-refractivity contribution in [3.63, 3.8) is 0 Å². The molecule has 0 spiro atoms. The van der Waals surface area contributed by atoms with Crippen LogP contribution in [0.2, 0.25) is 0 Å². The molecule has 4 nitrogen and oxygen atoms in total. The number of β-lactam (4-membered cyclic amide) rings is 1. The van der Waals surface area contributed by atoms with Gasteiger partial charge in [0.2, 0.25) is 5.91 Å². The second kappa shape index (κ2) is 12.2. The maximum absolute atomic E-state index is 11.9. The molecule has 4 aromatic rings. The molecule has 0 radical (unpaired) electrons. The van der Waals surface area contributed by atoms with Crippen LogP contribution in [0.3, 0.4) is 0 Å². The van der Waals surface area contributed by atoms with Crippen LogP contribution in [-0.4, -0.2) is 24.8 Å². The number of nitrogens with zero attached hydrogens (tertiary/aromatic N) is 1. The van der Waals surface area contributed by atoms with Gasteiger partial charge in [0.1, 0.15) is 0 Å². The third-order valence-corrected chi connectivity index (χ3v) is 6.65. The van der Waals surface area contributed by atoms with Crippen molar-refractivity contribution in [3.8, 4) is 0 Å². The van der Waals surface area contributed by atoms with Gasteiger partial charge in [-0.05, 0) is 59.4 Å². The van der Waals surface area contributed by atoms with Gasteiger partial charge in [0, 0.05) is 42.9 Å². The number of hydrogen-bond acceptors (Lipinski definition) is 3. The molecule has 2 aliphatic rings. The van der Waals surface area contributed by atoms with E-state index in [1.165, 1.54) is 22.3 Å². The third kappa shape index (κ3) is 6.53. The van der Waals surface area contributed by atoms with Gasteiger partial charge in [0.05, 0.1) is 0 Å². The van der Waals surface area contributed by atoms with Crippen LogP contribution in [0.1, 0.15) is 52.9 Å². The predicted octanol–water partition coefficient (Wildman–Crippen LogP) is 6.93. The van der Waals surface area contributed by atoms with Gasteiger partial charge in [-0.15, -0.1) is 0 Å². The number of carbonyl (C=O) groups is 2. The first kappa shape index (κ1) is 25.9. The normalized spacial score (nSPS) is 13.8. The highest BCUT2D eigenvalue weighted by Crippen LogP contribution is 2.24. The van der Waals surface area contributed by atoms with Gasteiger partial charge in [-0.2, -0.15) is 0 Å². The molecule has 2 heterocycles. The minimum Gasteiger partial charge on any atom is -0.384 e. The quantitative estimate of drug-likeness (QED) is 0.309. The van der Waals surface area contributed by atoms with Crippen molar-refractivity contribution >= 4 is 23.1 Å². The molecule has 4 heteroatoms. The first-order valence-corrected chi connectivity index (χ1v) is 12.5. The fourth-order valence-electron chi connectivity index (χ4n) is 4.58. The number of anilines is 2. The molecule has 0 unspecified atom stereocenters. The molecule has 0 atom stereocenters. The Balaban J connectivity index is 0.000000168. The standard InChI is InChI=1S/2C16H15NO.CH4/c18-16-10-11-17(16)15-8-6-14(7-9-15)12-13-4-2-1-3-5-13;18-16-8-9-17-15-7-6-13(11-14(15)16)10-12-4-2-1-3-5-12;/h1-9H,10-12H2;1-7,11,17H,8-10H2;1H4. The van der Waals surface area contributed by atoms with E-state index in [1.807, 2.05) is 53.4 Å². The lowest BCUT2D eigenvalue weighted by Crippen LogP contribution is -2.43. The van der Waals surface area contributed by atoms with Gasteiger partial charge in [-0.3, -0.25) is 9.59 Å². The highest BCUT2D eigenvalue weighted by atomic mass is 16.2. The number of amides is 1. The van der Waals surface area contributed by atoms with E-state index in [2.05, 4.69) is 59.9 Å². The van der Waals surface area contributed by atoms with Crippen LogP contribution in [0.25, 0.3) is 0 Å². The minimum absolute atomic E-state index is 0. The van der Waals surface area contributed by atoms with Crippen molar-refractivity contribution < 1.29 is 9.59 Å². The average Bonchev–Trinajstić information content (AvgIpc) is 2.91. The molecule has 0 aliphatic carbocycles. The Morgan fingerprint density at radius 1 is 0.649 bits per heavy atom. The summed E-state index contributed by atoms with van der Waals surface area (Å²) in [6.45, 7) is 1.61. The second-order valence-electron chi connectivity index (χ2n) is 9.27. The monoisotopic (exact) mass is 490 g/mol. The lowest BCUT2D eigenvalue weighted by molar-refractivity contribution is -0.122. The maximum Gasteiger partial charge on any atom is 0.228 e. The van der Waals surface area contributed by atoms with E-state index in [4.69, 9.17) is 0 Å². The summed E-state index contributed by atoms with van der Waals surface area (Å²) < 4.78 is 0. The van der Waals surface area contributed by atoms with Crippen LogP contribution in [0.15, 0.2) is 103 Å². The zero-order valence-corrected chi connectivity index (χ0v) is 20.3. The van der Waals surface area contributed by atoms with Crippen LogP contribution in [0.4, 0.5) is 11.4 Å². The molecular weight excluding hydrogens is 456 g/mol. The Morgan fingerprint density at radius 2 is 1.22 bits per heavy atom. The van der Waals surface area contributed by atoms with E-state index in [0.717, 1.165) is 42.9 Å². The van der Waals surface area contributed by atoms with Gasteiger partial charge in [-0.25, -0.2) is 0 Å². The summed E-state index contributed by atoms with van der Waals surface area (Å²) in [5.41, 5.74) is 7.88. The summed E-state index contributed by atoms with van der Waals surface area (Å²) in [5, 5.41) is 3.26. The Bertz CT molecular complexity index is 1330. The average molecular weight is 491 g/mol. The largest absolute Gasteiger partial charge is 0.384 e. The first-order chi connectivity index (χ1) is 17.7. The smallest absolute Gasteiger partial charge is 0.228 e. The third-order valence-electron chi connectivity index (χ3n) is 6.65. The Labute approximate surface area is 220 Å². The second-order valence-corrected chi connectivity index (χ2v) is 9.27. The van der Waals surface area contributed by atoms with E-state index in [9.17, 15) is 9.59 Å². The summed E-state index contributed by atoms with van der Waals surface area (Å²) in [4.78, 5) is 25.0. The van der Waals surface area contributed by atoms with Gasteiger partial charge < -0.3 is 10.2 Å². The van der Waals surface area contributed by atoms with E-state index in [1.54, 1.807) is 0 Å². The van der Waals surface area contributed by atoms with E-state index in [-0.39, 0.29) is 19.1 Å². The van der Waals surface area contributed by atoms with Crippen LogP contribution in [0.5, 0.6) is 0 Å². The zero-order valence-electron chi connectivity index (χ0n) is 20.3. The van der Waals surface area contributed by atoms with E-state index < -0.39 is 0 Å². The number of hydrogen-bond donors (Lipinski definition) is 1. The number of Topliss-reactive ketones (excluding diaryl/α,β-unsaturated/α-hetero) is 1. The number of ketones is 1. The zero-order chi connectivity index (χ0) is 24.7. The van der Waals surface area contributed by atoms with Gasteiger partial charge in [0.25, 0.3) is 0 Å². The highest BCUT2D eigenvalue weighted by molar-refractivity contribution is 6.03. The molecule has 1 amide bonds. The van der Waals surface area contributed by atoms with E-state index >= 15 is 0 Å². The molecule has 37 heavy (non-hydrogen) atoms. The number of nitrogens with one attached hydrogen (secondary N) is 1. The molecule has 1 fully saturated rings. The van der Waals surface area contributed by atoms with Crippen molar-refractivity contribution in [3.05, 3.63) is 131 Å². The fraction of sp³-hybridized carbons (Fsp3) is 0.212. The number of benzene rings is 4. The molecule has 0 bridgehead atoms. The van der Waals surface area contributed by atoms with Gasteiger partial charge >= 0.3 is 0 Å². The lowest BCUT2D eigenvalue weighted by Gasteiger charge is -2.30. The number of fused-ring (bicyclic) bond motifs is 1. The lowest BCUT2D eigenvalue weighted by atomic mass is 9.97. The van der Waals surface area contributed by atoms with Crippen LogP contribution >= 0.6 is 0 Å². The summed E-state index contributed by atoms with van der Waals surface area (Å²) in [6.07, 6.45) is 3.10. The van der Waals surface area contributed by atoms with Crippen LogP contribution < -0.4 is 10.2 Å². The molecule has 0 saturated carbocycles. The van der Waals surface area contributed by atoms with Gasteiger partial charge in [-0.1, -0.05) is 86.3 Å². The minimum atomic E-state index is 0. The van der Waals surface area contributed by atoms with Crippen molar-refractivity contribution in [1.29, 1.82) is 0 Å². The molecule has 6 rings (SSSR count). The highest BCUT2D eigenvalue weighted by Gasteiger charge is 2.24. The molecule has 1 saturated heterocycles. The topological polar surface area (TPSA) is 49.4 Å². The molecule has 188 valence electrons. The SMILES string of the molecule is C.O=C1CCN1c1ccc(Cc2ccccc2)cc1.O=C1CCNc2ccc(Cc3ccccc3)cc21. The van der Waals surface area contributed by atoms with Crippen molar-refractivity contribution in [1.82, 2.24) is 0 Å². The van der Waals surface area contributed by atoms with Crippen LogP contribution in [-0.2, 0) is 17.6 Å². The Hall–Kier alpha value is -4.18. The summed E-state index contributed by atoms with van der Waals surface area (Å²) in [5.74, 6) is 0.476. The summed E-state index contributed by atoms with van der Waals surface area (Å²) in [7, 11) is 0. The Kier molecular flexibility index (Phi) is 8.52. The van der Waals surface area contributed by atoms with Gasteiger partial charge in [0.15, 0.2) is 5.78 Å². The maximum atomic E-state index is 11.9. The van der Waals surface area contributed by atoms with Crippen molar-refractivity contribution in [2.75, 3.05) is 23.3 Å². The number of carbonyl (C=O) groups excluding carboxylic acids is 2. The van der Waals surface area contributed by atoms with Crippen molar-refractivity contribution in [2.24, 2.45) is 0 Å². The van der Waals surface area contributed by atoms with Crippen molar-refractivity contribution in [2.45, 2.75) is 33.1 Å². The molecular formula is C33H34N2O2.